The topological polar surface area (TPSA) is 148 Å². The van der Waals surface area contributed by atoms with E-state index in [-0.39, 0.29) is 41.1 Å². The van der Waals surface area contributed by atoms with E-state index in [1.54, 1.807) is 11.8 Å². The number of nitrogens with zero attached hydrogens (tertiary/aromatic N) is 2. The fraction of sp³-hybridized carbons (Fsp3) is 0.625. The Kier molecular flexibility index (Phi) is 4.74. The van der Waals surface area contributed by atoms with Crippen LogP contribution in [0, 0.1) is 17.2 Å². The molecule has 9 nitrogen and oxygen atoms in total. The third kappa shape index (κ3) is 2.86. The van der Waals surface area contributed by atoms with Crippen molar-refractivity contribution in [2.45, 2.75) is 37.7 Å². The smallest absolute Gasteiger partial charge is 0.353 e. The lowest BCUT2D eigenvalue weighted by Crippen LogP contribution is -2.63. The maximum Gasteiger partial charge on any atom is 0.353 e. The van der Waals surface area contributed by atoms with Crippen molar-refractivity contribution in [3.8, 4) is 0 Å². The Hall–Kier alpha value is -2.07. The highest BCUT2D eigenvalue weighted by Crippen LogP contribution is 2.51. The summed E-state index contributed by atoms with van der Waals surface area (Å²) < 4.78 is 0. The van der Waals surface area contributed by atoms with E-state index in [0.29, 0.717) is 18.0 Å². The van der Waals surface area contributed by atoms with Crippen LogP contribution < -0.4 is 5.73 Å². The molecule has 3 rings (SSSR count). The third-order valence-electron chi connectivity index (χ3n) is 5.18. The fourth-order valence-electron chi connectivity index (χ4n) is 3.87. The zero-order valence-electron chi connectivity index (χ0n) is 14.5. The average Bonchev–Trinajstić information content (AvgIpc) is 2.70. The quantitative estimate of drug-likeness (QED) is 0.273. The SMILES string of the molecule is C[C@@H](O)[C@H]1C(=O)N2C(C(=O)O)=C(SC3CN(C(=N)CC(N)=O)C3)[C@H](C)[C@H]12. The summed E-state index contributed by atoms with van der Waals surface area (Å²) in [6, 6.07) is -0.319. The number of hydrogen-bond donors (Lipinski definition) is 4. The van der Waals surface area contributed by atoms with Gasteiger partial charge < -0.3 is 25.7 Å². The van der Waals surface area contributed by atoms with E-state index in [1.165, 1.54) is 16.7 Å². The standard InChI is InChI=1S/C16H22N4O5S/c1-6-12-11(7(2)21)15(23)20(12)13(16(24)25)14(6)26-8-4-19(5-8)9(17)3-10(18)22/h6-8,11-12,17,21H,3-5H2,1-2H3,(H2,18,22)(H,24,25)/t6-,7-,11-,12-/m1/s1. The van der Waals surface area contributed by atoms with Crippen LogP contribution >= 0.6 is 11.8 Å². The summed E-state index contributed by atoms with van der Waals surface area (Å²) in [6.07, 6.45) is -0.934. The third-order valence-corrected chi connectivity index (χ3v) is 6.63. The molecule has 3 aliphatic rings. The minimum atomic E-state index is -1.14. The van der Waals surface area contributed by atoms with E-state index in [1.807, 2.05) is 6.92 Å². The van der Waals surface area contributed by atoms with Gasteiger partial charge in [-0.05, 0) is 6.92 Å². The van der Waals surface area contributed by atoms with Gasteiger partial charge in [-0.15, -0.1) is 11.8 Å². The van der Waals surface area contributed by atoms with E-state index in [4.69, 9.17) is 11.1 Å². The number of likely N-dealkylation sites (tertiary alicyclic amines) is 1. The lowest BCUT2D eigenvalue weighted by molar-refractivity contribution is -0.163. The number of hydrogen-bond acceptors (Lipinski definition) is 6. The van der Waals surface area contributed by atoms with E-state index < -0.39 is 23.9 Å². The Morgan fingerprint density at radius 2 is 2.04 bits per heavy atom. The molecule has 0 aromatic heterocycles. The van der Waals surface area contributed by atoms with Gasteiger partial charge in [0.15, 0.2) is 0 Å². The number of primary amides is 1. The predicted octanol–water partition coefficient (Wildman–Crippen LogP) is -0.590. The number of carboxylic acids is 1. The van der Waals surface area contributed by atoms with E-state index in [0.717, 1.165) is 0 Å². The summed E-state index contributed by atoms with van der Waals surface area (Å²) in [5.41, 5.74) is 5.11. The first kappa shape index (κ1) is 18.7. The molecule has 0 aliphatic carbocycles. The van der Waals surface area contributed by atoms with Gasteiger partial charge in [-0.3, -0.25) is 15.0 Å². The molecule has 0 aromatic rings. The van der Waals surface area contributed by atoms with E-state index in [2.05, 4.69) is 0 Å². The first-order valence-electron chi connectivity index (χ1n) is 8.39. The summed E-state index contributed by atoms with van der Waals surface area (Å²) in [5, 5.41) is 27.3. The predicted molar refractivity (Wildman–Crippen MR) is 94.1 cm³/mol. The molecular formula is C16H22N4O5S. The Balaban J connectivity index is 1.70. The number of rotatable bonds is 6. The van der Waals surface area contributed by atoms with Crippen molar-refractivity contribution in [1.82, 2.24) is 9.80 Å². The maximum absolute atomic E-state index is 12.3. The number of nitrogens with one attached hydrogen (secondary N) is 1. The first-order valence-corrected chi connectivity index (χ1v) is 9.27. The van der Waals surface area contributed by atoms with Gasteiger partial charge in [0.25, 0.3) is 0 Å². The van der Waals surface area contributed by atoms with Crippen LogP contribution in [-0.4, -0.2) is 74.1 Å². The van der Waals surface area contributed by atoms with Crippen LogP contribution in [0.2, 0.25) is 0 Å². The molecule has 142 valence electrons. The molecule has 0 bridgehead atoms. The number of carbonyl (C=O) groups is 3. The number of amides is 2. The molecule has 5 N–H and O–H groups in total. The van der Waals surface area contributed by atoms with Crippen molar-refractivity contribution >= 4 is 35.4 Å². The number of nitrogens with two attached hydrogens (primary N) is 1. The number of aliphatic carboxylic acids is 1. The number of fused-ring (bicyclic) bond motifs is 1. The van der Waals surface area contributed by atoms with Crippen LogP contribution in [0.15, 0.2) is 10.6 Å². The Bertz CT molecular complexity index is 715. The van der Waals surface area contributed by atoms with Crippen LogP contribution in [0.4, 0.5) is 0 Å². The van der Waals surface area contributed by atoms with Crippen molar-refractivity contribution in [3.05, 3.63) is 10.6 Å². The zero-order chi connectivity index (χ0) is 19.3. The van der Waals surface area contributed by atoms with E-state index in [9.17, 15) is 24.6 Å². The molecule has 26 heavy (non-hydrogen) atoms. The Morgan fingerprint density at radius 3 is 2.54 bits per heavy atom. The molecule has 2 fully saturated rings. The van der Waals surface area contributed by atoms with Gasteiger partial charge >= 0.3 is 5.97 Å². The van der Waals surface area contributed by atoms with Crippen molar-refractivity contribution in [3.63, 3.8) is 0 Å². The number of carbonyl (C=O) groups excluding carboxylic acids is 2. The fourth-order valence-corrected chi connectivity index (χ4v) is 5.39. The monoisotopic (exact) mass is 382 g/mol. The van der Waals surface area contributed by atoms with Gasteiger partial charge in [0.05, 0.1) is 24.5 Å². The van der Waals surface area contributed by atoms with Crippen molar-refractivity contribution in [2.24, 2.45) is 17.6 Å². The van der Waals surface area contributed by atoms with Crippen LogP contribution in [0.3, 0.4) is 0 Å². The second-order valence-corrected chi connectivity index (χ2v) is 8.35. The maximum atomic E-state index is 12.3. The minimum Gasteiger partial charge on any atom is -0.477 e. The van der Waals surface area contributed by atoms with Gasteiger partial charge in [-0.25, -0.2) is 4.79 Å². The van der Waals surface area contributed by atoms with Gasteiger partial charge in [0.2, 0.25) is 11.8 Å². The van der Waals surface area contributed by atoms with Gasteiger partial charge in [0, 0.05) is 29.2 Å². The lowest BCUT2D eigenvalue weighted by atomic mass is 9.79. The number of amidine groups is 1. The molecule has 3 aliphatic heterocycles. The number of β-lactam (4-membered cyclic amide) rings is 1. The molecule has 0 aromatic carbocycles. The molecule has 10 heteroatoms. The molecule has 2 amide bonds. The summed E-state index contributed by atoms with van der Waals surface area (Å²) >= 11 is 1.41. The summed E-state index contributed by atoms with van der Waals surface area (Å²) in [4.78, 5) is 38.6. The molecule has 0 unspecified atom stereocenters. The summed E-state index contributed by atoms with van der Waals surface area (Å²) in [7, 11) is 0. The largest absolute Gasteiger partial charge is 0.477 e. The second kappa shape index (κ2) is 6.58. The molecule has 4 atom stereocenters. The van der Waals surface area contributed by atoms with Crippen LogP contribution in [0.25, 0.3) is 0 Å². The zero-order valence-corrected chi connectivity index (χ0v) is 15.3. The van der Waals surface area contributed by atoms with Crippen LogP contribution in [-0.2, 0) is 14.4 Å². The van der Waals surface area contributed by atoms with Crippen molar-refractivity contribution in [1.29, 1.82) is 5.41 Å². The highest BCUT2D eigenvalue weighted by Gasteiger charge is 2.60. The van der Waals surface area contributed by atoms with Crippen molar-refractivity contribution < 1.29 is 24.6 Å². The average molecular weight is 382 g/mol. The Morgan fingerprint density at radius 1 is 1.42 bits per heavy atom. The minimum absolute atomic E-state index is 0.0139. The summed E-state index contributed by atoms with van der Waals surface area (Å²) in [6.45, 7) is 4.48. The van der Waals surface area contributed by atoms with Gasteiger partial charge in [-0.2, -0.15) is 0 Å². The highest BCUT2D eigenvalue weighted by molar-refractivity contribution is 8.03. The lowest BCUT2D eigenvalue weighted by Gasteiger charge is -2.46. The highest BCUT2D eigenvalue weighted by atomic mass is 32.2. The number of thioether (sulfide) groups is 1. The molecule has 0 spiro atoms. The number of aliphatic hydroxyl groups is 1. The number of carboxylic acid groups (broad SMARTS) is 1. The first-order chi connectivity index (χ1) is 12.1. The normalized spacial score (nSPS) is 29.2. The number of aliphatic hydroxyl groups excluding tert-OH is 1. The van der Waals surface area contributed by atoms with Crippen LogP contribution in [0.5, 0.6) is 0 Å². The molecule has 0 saturated carbocycles. The molecule has 3 heterocycles. The van der Waals surface area contributed by atoms with Crippen LogP contribution in [0.1, 0.15) is 20.3 Å². The van der Waals surface area contributed by atoms with Gasteiger partial charge in [0.1, 0.15) is 11.5 Å². The van der Waals surface area contributed by atoms with E-state index >= 15 is 0 Å². The molecular weight excluding hydrogens is 360 g/mol. The summed E-state index contributed by atoms with van der Waals surface area (Å²) in [5.74, 6) is -2.62. The van der Waals surface area contributed by atoms with Crippen molar-refractivity contribution in [2.75, 3.05) is 13.1 Å². The second-order valence-electron chi connectivity index (χ2n) is 7.01. The molecule has 2 saturated heterocycles. The van der Waals surface area contributed by atoms with Gasteiger partial charge in [-0.1, -0.05) is 6.92 Å². The Labute approximate surface area is 154 Å². The molecule has 0 radical (unpaired) electrons.